The van der Waals surface area contributed by atoms with Gasteiger partial charge in [-0.1, -0.05) is 48.4 Å². The summed E-state index contributed by atoms with van der Waals surface area (Å²) >= 11 is 6.22. The van der Waals surface area contributed by atoms with Gasteiger partial charge in [-0.2, -0.15) is 0 Å². The third kappa shape index (κ3) is 4.76. The van der Waals surface area contributed by atoms with Crippen LogP contribution in [0.2, 0.25) is 5.02 Å². The highest BCUT2D eigenvalue weighted by molar-refractivity contribution is 6.30. The second-order valence-corrected chi connectivity index (χ2v) is 8.73. The van der Waals surface area contributed by atoms with Crippen LogP contribution in [-0.4, -0.2) is 24.2 Å². The molecule has 1 aliphatic carbocycles. The van der Waals surface area contributed by atoms with Crippen molar-refractivity contribution in [1.29, 1.82) is 0 Å². The molecule has 1 aliphatic heterocycles. The Labute approximate surface area is 172 Å². The summed E-state index contributed by atoms with van der Waals surface area (Å²) in [4.78, 5) is 7.57. The van der Waals surface area contributed by atoms with Crippen LogP contribution in [0.1, 0.15) is 37.7 Å². The predicted octanol–water partition coefficient (Wildman–Crippen LogP) is 3.74. The minimum atomic E-state index is 0.171. The number of rotatable bonds is 6. The van der Waals surface area contributed by atoms with Gasteiger partial charge >= 0.3 is 0 Å². The molecule has 4 heteroatoms. The van der Waals surface area contributed by atoms with Gasteiger partial charge < -0.3 is 10.6 Å². The molecule has 3 unspecified atom stereocenters. The molecule has 1 saturated carbocycles. The Kier molecular flexibility index (Phi) is 6.33. The largest absolute Gasteiger partial charge is 0.355 e. The van der Waals surface area contributed by atoms with Crippen molar-refractivity contribution in [3.63, 3.8) is 0 Å². The molecule has 28 heavy (non-hydrogen) atoms. The molecule has 1 fully saturated rings. The molecule has 3 nitrogen and oxygen atoms in total. The zero-order valence-electron chi connectivity index (χ0n) is 16.4. The Bertz CT molecular complexity index is 896. The van der Waals surface area contributed by atoms with Crippen LogP contribution in [0, 0.1) is 11.8 Å². The molecule has 4 rings (SSSR count). The molecule has 0 radical (unpaired) electrons. The maximum absolute atomic E-state index is 6.22. The van der Waals surface area contributed by atoms with Crippen molar-refractivity contribution in [3.05, 3.63) is 69.7 Å². The molecule has 2 aromatic carbocycles. The summed E-state index contributed by atoms with van der Waals surface area (Å²) in [5.41, 5.74) is 7.33. The van der Waals surface area contributed by atoms with Crippen LogP contribution in [0.15, 0.2) is 53.5 Å². The smallest absolute Gasteiger partial charge is 0.121 e. The number of benzene rings is 2. The van der Waals surface area contributed by atoms with Gasteiger partial charge in [-0.25, -0.2) is 0 Å². The average molecular weight is 396 g/mol. The number of nitrogens with two attached hydrogens (primary N) is 1. The highest BCUT2D eigenvalue weighted by Gasteiger charge is 2.26. The number of nitrogens with zero attached hydrogens (tertiary/aromatic N) is 2. The van der Waals surface area contributed by atoms with Crippen molar-refractivity contribution >= 4 is 17.8 Å². The summed E-state index contributed by atoms with van der Waals surface area (Å²) in [5.74, 6) is 1.40. The van der Waals surface area contributed by atoms with Gasteiger partial charge in [0.25, 0.3) is 0 Å². The van der Waals surface area contributed by atoms with Gasteiger partial charge in [0, 0.05) is 23.0 Å². The van der Waals surface area contributed by atoms with Crippen molar-refractivity contribution in [2.75, 3.05) is 13.1 Å². The van der Waals surface area contributed by atoms with Crippen LogP contribution in [0.4, 0.5) is 0 Å². The minimum Gasteiger partial charge on any atom is -0.355 e. The summed E-state index contributed by atoms with van der Waals surface area (Å²) in [7, 11) is 0. The molecule has 2 aliphatic rings. The van der Waals surface area contributed by atoms with Crippen molar-refractivity contribution in [1.82, 2.24) is 4.90 Å². The van der Waals surface area contributed by atoms with Gasteiger partial charge in [-0.3, -0.25) is 4.99 Å². The first-order chi connectivity index (χ1) is 13.7. The second-order valence-electron chi connectivity index (χ2n) is 8.30. The van der Waals surface area contributed by atoms with Crippen LogP contribution >= 0.6 is 11.6 Å². The first-order valence-electron chi connectivity index (χ1n) is 10.6. The van der Waals surface area contributed by atoms with Crippen molar-refractivity contribution < 1.29 is 0 Å². The third-order valence-corrected chi connectivity index (χ3v) is 6.43. The van der Waals surface area contributed by atoms with Crippen molar-refractivity contribution in [2.45, 2.75) is 44.7 Å². The zero-order chi connectivity index (χ0) is 19.3. The molecular formula is C24H30ClN3. The molecule has 2 aromatic rings. The lowest BCUT2D eigenvalue weighted by Gasteiger charge is -2.36. The number of aryl methyl sites for hydroxylation is 1. The van der Waals surface area contributed by atoms with Crippen LogP contribution in [0.5, 0.6) is 0 Å². The Balaban J connectivity index is 1.54. The van der Waals surface area contributed by atoms with E-state index >= 15 is 0 Å². The summed E-state index contributed by atoms with van der Waals surface area (Å²) in [5, 5.41) is 2.95. The van der Waals surface area contributed by atoms with Crippen LogP contribution in [0.25, 0.3) is 6.20 Å². The fourth-order valence-corrected chi connectivity index (χ4v) is 4.83. The predicted molar refractivity (Wildman–Crippen MR) is 116 cm³/mol. The van der Waals surface area contributed by atoms with Gasteiger partial charge in [0.15, 0.2) is 0 Å². The van der Waals surface area contributed by atoms with Crippen molar-refractivity contribution in [2.24, 2.45) is 22.6 Å². The van der Waals surface area contributed by atoms with Gasteiger partial charge in [-0.15, -0.1) is 0 Å². The average Bonchev–Trinajstić information content (AvgIpc) is 2.73. The molecule has 3 atom stereocenters. The highest BCUT2D eigenvalue weighted by Crippen LogP contribution is 2.30. The maximum Gasteiger partial charge on any atom is 0.121 e. The molecule has 0 aromatic heterocycles. The first kappa shape index (κ1) is 19.5. The Morgan fingerprint density at radius 1 is 1.07 bits per heavy atom. The Morgan fingerprint density at radius 3 is 2.71 bits per heavy atom. The lowest BCUT2D eigenvalue weighted by Crippen LogP contribution is -2.44. The van der Waals surface area contributed by atoms with Crippen LogP contribution in [-0.2, 0) is 6.42 Å². The zero-order valence-corrected chi connectivity index (χ0v) is 17.2. The van der Waals surface area contributed by atoms with Gasteiger partial charge in [0.2, 0.25) is 0 Å². The van der Waals surface area contributed by atoms with E-state index in [1.54, 1.807) is 0 Å². The van der Waals surface area contributed by atoms with Gasteiger partial charge in [0.05, 0.1) is 5.36 Å². The molecule has 1 heterocycles. The number of hydrogen-bond donors (Lipinski definition) is 1. The number of halogens is 1. The molecule has 0 saturated heterocycles. The highest BCUT2D eigenvalue weighted by atomic mass is 35.5. The van der Waals surface area contributed by atoms with E-state index in [4.69, 9.17) is 22.3 Å². The fourth-order valence-electron chi connectivity index (χ4n) is 4.66. The lowest BCUT2D eigenvalue weighted by atomic mass is 9.81. The maximum atomic E-state index is 6.22. The van der Waals surface area contributed by atoms with E-state index in [1.165, 1.54) is 36.5 Å². The van der Waals surface area contributed by atoms with E-state index in [2.05, 4.69) is 47.5 Å². The molecule has 2 N–H and O–H groups in total. The normalized spacial score (nSPS) is 24.2. The van der Waals surface area contributed by atoms with Crippen molar-refractivity contribution in [3.8, 4) is 0 Å². The Hall–Kier alpha value is -1.84. The summed E-state index contributed by atoms with van der Waals surface area (Å²) in [6, 6.07) is 16.7. The van der Waals surface area contributed by atoms with E-state index in [0.29, 0.717) is 11.8 Å². The summed E-state index contributed by atoms with van der Waals surface area (Å²) in [6.45, 7) is 1.89. The minimum absolute atomic E-state index is 0.171. The SMILES string of the molecule is NCC1CCCC(CN2C=c3ccc(Cl)cc3=NC2CCc2ccccc2)C1. The topological polar surface area (TPSA) is 41.6 Å². The molecular weight excluding hydrogens is 366 g/mol. The van der Waals surface area contributed by atoms with Gasteiger partial charge in [-0.05, 0) is 74.2 Å². The van der Waals surface area contributed by atoms with Gasteiger partial charge in [0.1, 0.15) is 6.17 Å². The molecule has 0 amide bonds. The third-order valence-electron chi connectivity index (χ3n) is 6.20. The van der Waals surface area contributed by atoms with Crippen LogP contribution in [0.3, 0.4) is 0 Å². The Morgan fingerprint density at radius 2 is 1.89 bits per heavy atom. The number of hydrogen-bond acceptors (Lipinski definition) is 3. The lowest BCUT2D eigenvalue weighted by molar-refractivity contribution is 0.188. The van der Waals surface area contributed by atoms with E-state index in [1.807, 2.05) is 12.1 Å². The van der Waals surface area contributed by atoms with E-state index in [9.17, 15) is 0 Å². The van der Waals surface area contributed by atoms with Crippen LogP contribution < -0.4 is 16.3 Å². The van der Waals surface area contributed by atoms with E-state index in [-0.39, 0.29) is 6.17 Å². The summed E-state index contributed by atoms with van der Waals surface area (Å²) < 4.78 is 0. The quantitative estimate of drug-likeness (QED) is 0.809. The van der Waals surface area contributed by atoms with E-state index < -0.39 is 0 Å². The molecule has 148 valence electrons. The van der Waals surface area contributed by atoms with E-state index in [0.717, 1.165) is 36.3 Å². The molecule has 0 bridgehead atoms. The number of fused-ring (bicyclic) bond motifs is 1. The fraction of sp³-hybridized carbons (Fsp3) is 0.458. The second kappa shape index (κ2) is 9.11. The first-order valence-corrected chi connectivity index (χ1v) is 10.9. The monoisotopic (exact) mass is 395 g/mol. The standard InChI is InChI=1S/C24H30ClN3/c25-22-11-10-21-17-28(16-20-8-4-7-19(13-20)15-26)24(27-23(21)14-22)12-9-18-5-2-1-3-6-18/h1-3,5-6,10-11,14,17,19-20,24H,4,7-9,12-13,15-16,26H2. The molecule has 0 spiro atoms. The summed E-state index contributed by atoms with van der Waals surface area (Å²) in [6.07, 6.45) is 9.67.